The van der Waals surface area contributed by atoms with Crippen molar-refractivity contribution in [2.75, 3.05) is 33.7 Å². The number of aryl methyl sites for hydroxylation is 1. The van der Waals surface area contributed by atoms with E-state index in [0.29, 0.717) is 18.2 Å². The number of rotatable bonds is 7. The van der Waals surface area contributed by atoms with Crippen molar-refractivity contribution in [1.29, 1.82) is 0 Å². The number of nitrogens with zero attached hydrogens (tertiary/aromatic N) is 3. The zero-order valence-corrected chi connectivity index (χ0v) is 12.8. The molecule has 1 rings (SSSR count). The normalized spacial score (nSPS) is 11.8. The number of aromatic nitrogens is 1. The van der Waals surface area contributed by atoms with E-state index < -0.39 is 0 Å². The van der Waals surface area contributed by atoms with Crippen LogP contribution >= 0.6 is 0 Å². The van der Waals surface area contributed by atoms with Gasteiger partial charge in [-0.05, 0) is 39.1 Å². The fraction of sp³-hybridized carbons (Fsp3) is 0.667. The predicted molar refractivity (Wildman–Crippen MR) is 79.3 cm³/mol. The van der Waals surface area contributed by atoms with E-state index in [0.717, 1.165) is 31.0 Å². The van der Waals surface area contributed by atoms with Crippen LogP contribution in [0.25, 0.3) is 0 Å². The van der Waals surface area contributed by atoms with Crippen molar-refractivity contribution < 1.29 is 5.11 Å². The summed E-state index contributed by atoms with van der Waals surface area (Å²) in [5.74, 6) is 0.901. The molecule has 1 aromatic rings. The van der Waals surface area contributed by atoms with E-state index in [1.165, 1.54) is 0 Å². The lowest BCUT2D eigenvalue weighted by molar-refractivity contribution is 0.207. The summed E-state index contributed by atoms with van der Waals surface area (Å²) in [6, 6.07) is 3.57. The molecule has 0 aliphatic rings. The first-order chi connectivity index (χ1) is 8.88. The van der Waals surface area contributed by atoms with Crippen molar-refractivity contribution >= 4 is 0 Å². The molecule has 0 bridgehead atoms. The average Bonchev–Trinajstić information content (AvgIpc) is 2.30. The van der Waals surface area contributed by atoms with Gasteiger partial charge in [-0.15, -0.1) is 0 Å². The Morgan fingerprint density at radius 2 is 1.89 bits per heavy atom. The molecule has 0 aliphatic heterocycles. The molecular formula is C15H27N3O. The van der Waals surface area contributed by atoms with E-state index in [-0.39, 0.29) is 0 Å². The maximum atomic E-state index is 9.90. The summed E-state index contributed by atoms with van der Waals surface area (Å²) >= 11 is 0. The molecule has 0 saturated carbocycles. The first kappa shape index (κ1) is 15.9. The number of hydrogen-bond acceptors (Lipinski definition) is 4. The molecule has 0 amide bonds. The average molecular weight is 265 g/mol. The van der Waals surface area contributed by atoms with E-state index in [4.69, 9.17) is 0 Å². The monoisotopic (exact) mass is 265 g/mol. The number of hydrogen-bond donors (Lipinski definition) is 1. The van der Waals surface area contributed by atoms with Gasteiger partial charge in [-0.25, -0.2) is 0 Å². The Labute approximate surface area is 117 Å². The van der Waals surface area contributed by atoms with Crippen molar-refractivity contribution in [2.45, 2.75) is 27.3 Å². The maximum absolute atomic E-state index is 9.90. The van der Waals surface area contributed by atoms with Crippen molar-refractivity contribution in [3.8, 4) is 5.75 Å². The molecule has 0 fully saturated rings. The van der Waals surface area contributed by atoms with Crippen LogP contribution in [0.15, 0.2) is 12.1 Å². The molecule has 108 valence electrons. The minimum atomic E-state index is 0.296. The van der Waals surface area contributed by atoms with Crippen LogP contribution in [0, 0.1) is 12.8 Å². The Kier molecular flexibility index (Phi) is 6.25. The van der Waals surface area contributed by atoms with Gasteiger partial charge in [0.1, 0.15) is 5.75 Å². The molecule has 0 saturated heterocycles. The zero-order valence-electron chi connectivity index (χ0n) is 12.8. The minimum Gasteiger partial charge on any atom is -0.506 e. The Balaban J connectivity index is 2.72. The number of pyridine rings is 1. The zero-order chi connectivity index (χ0) is 14.4. The smallest absolute Gasteiger partial charge is 0.138 e. The highest BCUT2D eigenvalue weighted by molar-refractivity contribution is 5.27. The Morgan fingerprint density at radius 1 is 1.21 bits per heavy atom. The van der Waals surface area contributed by atoms with Gasteiger partial charge in [0.2, 0.25) is 0 Å². The van der Waals surface area contributed by atoms with Gasteiger partial charge in [-0.1, -0.05) is 13.8 Å². The lowest BCUT2D eigenvalue weighted by atomic mass is 10.2. The molecule has 0 aliphatic carbocycles. The van der Waals surface area contributed by atoms with Gasteiger partial charge < -0.3 is 10.0 Å². The highest BCUT2D eigenvalue weighted by Crippen LogP contribution is 2.17. The standard InChI is InChI=1S/C15H27N3O/c1-12(2)10-18(9-8-17(4)5)11-14-15(19)7-6-13(3)16-14/h6-7,12,19H,8-11H2,1-5H3. The molecule has 0 unspecified atom stereocenters. The minimum absolute atomic E-state index is 0.296. The number of aromatic hydroxyl groups is 1. The van der Waals surface area contributed by atoms with E-state index >= 15 is 0 Å². The molecule has 19 heavy (non-hydrogen) atoms. The van der Waals surface area contributed by atoms with E-state index in [9.17, 15) is 5.11 Å². The highest BCUT2D eigenvalue weighted by Gasteiger charge is 2.12. The van der Waals surface area contributed by atoms with Gasteiger partial charge >= 0.3 is 0 Å². The summed E-state index contributed by atoms with van der Waals surface area (Å²) < 4.78 is 0. The van der Waals surface area contributed by atoms with Crippen LogP contribution in [0.4, 0.5) is 0 Å². The third-order valence-electron chi connectivity index (χ3n) is 2.95. The van der Waals surface area contributed by atoms with Crippen LogP contribution < -0.4 is 0 Å². The lowest BCUT2D eigenvalue weighted by Crippen LogP contribution is -2.34. The quantitative estimate of drug-likeness (QED) is 0.819. The molecule has 1 aromatic heterocycles. The van der Waals surface area contributed by atoms with Crippen LogP contribution in [0.2, 0.25) is 0 Å². The summed E-state index contributed by atoms with van der Waals surface area (Å²) in [7, 11) is 4.16. The fourth-order valence-electron chi connectivity index (χ4n) is 2.02. The first-order valence-corrected chi connectivity index (χ1v) is 6.91. The van der Waals surface area contributed by atoms with Crippen molar-refractivity contribution in [3.05, 3.63) is 23.5 Å². The third-order valence-corrected chi connectivity index (χ3v) is 2.95. The van der Waals surface area contributed by atoms with Crippen molar-refractivity contribution in [2.24, 2.45) is 5.92 Å². The predicted octanol–water partition coefficient (Wildman–Crippen LogP) is 2.12. The lowest BCUT2D eigenvalue weighted by Gasteiger charge is -2.25. The van der Waals surface area contributed by atoms with E-state index in [1.807, 2.05) is 13.0 Å². The van der Waals surface area contributed by atoms with Crippen LogP contribution in [0.3, 0.4) is 0 Å². The molecule has 4 nitrogen and oxygen atoms in total. The van der Waals surface area contributed by atoms with Gasteiger partial charge in [0.05, 0.1) is 5.69 Å². The van der Waals surface area contributed by atoms with Crippen molar-refractivity contribution in [1.82, 2.24) is 14.8 Å². The molecule has 0 spiro atoms. The third kappa shape index (κ3) is 6.03. The van der Waals surface area contributed by atoms with Crippen molar-refractivity contribution in [3.63, 3.8) is 0 Å². The van der Waals surface area contributed by atoms with E-state index in [2.05, 4.69) is 42.7 Å². The highest BCUT2D eigenvalue weighted by atomic mass is 16.3. The molecule has 4 heteroatoms. The van der Waals surface area contributed by atoms with Crippen LogP contribution in [-0.4, -0.2) is 53.6 Å². The van der Waals surface area contributed by atoms with Crippen LogP contribution in [0.5, 0.6) is 5.75 Å². The molecule has 0 aromatic carbocycles. The topological polar surface area (TPSA) is 39.6 Å². The van der Waals surface area contributed by atoms with Crippen LogP contribution in [-0.2, 0) is 6.54 Å². The summed E-state index contributed by atoms with van der Waals surface area (Å²) in [4.78, 5) is 8.97. The summed E-state index contributed by atoms with van der Waals surface area (Å²) in [5, 5.41) is 9.90. The largest absolute Gasteiger partial charge is 0.506 e. The molecule has 0 atom stereocenters. The summed E-state index contributed by atoms with van der Waals surface area (Å²) in [5.41, 5.74) is 1.73. The second kappa shape index (κ2) is 7.46. The second-order valence-corrected chi connectivity index (χ2v) is 5.85. The Bertz CT molecular complexity index is 391. The first-order valence-electron chi connectivity index (χ1n) is 6.91. The summed E-state index contributed by atoms with van der Waals surface area (Å²) in [6.07, 6.45) is 0. The van der Waals surface area contributed by atoms with Crippen LogP contribution in [0.1, 0.15) is 25.2 Å². The van der Waals surface area contributed by atoms with Gasteiger partial charge in [0.15, 0.2) is 0 Å². The molecule has 0 radical (unpaired) electrons. The molecule has 1 heterocycles. The second-order valence-electron chi connectivity index (χ2n) is 5.85. The summed E-state index contributed by atoms with van der Waals surface area (Å²) in [6.45, 7) is 10.1. The molecule has 1 N–H and O–H groups in total. The number of likely N-dealkylation sites (N-methyl/N-ethyl adjacent to an activating group) is 1. The van der Waals surface area contributed by atoms with Gasteiger partial charge in [0.25, 0.3) is 0 Å². The maximum Gasteiger partial charge on any atom is 0.138 e. The van der Waals surface area contributed by atoms with Gasteiger partial charge in [0, 0.05) is 31.9 Å². The SMILES string of the molecule is Cc1ccc(O)c(CN(CCN(C)C)CC(C)C)n1. The van der Waals surface area contributed by atoms with E-state index in [1.54, 1.807) is 6.07 Å². The molecular weight excluding hydrogens is 238 g/mol. The Hall–Kier alpha value is -1.13. The van der Waals surface area contributed by atoms with Gasteiger partial charge in [-0.3, -0.25) is 9.88 Å². The van der Waals surface area contributed by atoms with Gasteiger partial charge in [-0.2, -0.15) is 0 Å². The Morgan fingerprint density at radius 3 is 2.47 bits per heavy atom. The fourth-order valence-corrected chi connectivity index (χ4v) is 2.02.